The number of hydrogen-bond donors (Lipinski definition) is 0. The highest BCUT2D eigenvalue weighted by Crippen LogP contribution is 2.28. The van der Waals surface area contributed by atoms with Crippen molar-refractivity contribution in [1.29, 1.82) is 0 Å². The summed E-state index contributed by atoms with van der Waals surface area (Å²) >= 11 is 13.7. The predicted octanol–water partition coefficient (Wildman–Crippen LogP) is 5.34. The Balaban J connectivity index is 2.31. The summed E-state index contributed by atoms with van der Waals surface area (Å²) in [6.45, 7) is 2.09. The Morgan fingerprint density at radius 2 is 1.79 bits per heavy atom. The molecule has 0 saturated heterocycles. The summed E-state index contributed by atoms with van der Waals surface area (Å²) < 4.78 is 0. The largest absolute Gasteiger partial charge is 0.289 e. The van der Waals surface area contributed by atoms with Crippen molar-refractivity contribution >= 4 is 40.7 Å². The van der Waals surface area contributed by atoms with E-state index >= 15 is 0 Å². The van der Waals surface area contributed by atoms with Crippen molar-refractivity contribution in [2.75, 3.05) is 5.75 Å². The molecule has 2 rings (SSSR count). The molecule has 0 aliphatic heterocycles. The van der Waals surface area contributed by atoms with Crippen molar-refractivity contribution in [1.82, 2.24) is 0 Å². The van der Waals surface area contributed by atoms with E-state index in [0.29, 0.717) is 21.2 Å². The molecule has 4 heteroatoms. The van der Waals surface area contributed by atoms with Crippen molar-refractivity contribution in [3.05, 3.63) is 63.6 Å². The number of rotatable bonds is 4. The van der Waals surface area contributed by atoms with Crippen molar-refractivity contribution in [2.24, 2.45) is 0 Å². The summed E-state index contributed by atoms with van der Waals surface area (Å²) in [4.78, 5) is 13.5. The van der Waals surface area contributed by atoms with Crippen LogP contribution in [0.3, 0.4) is 0 Å². The van der Waals surface area contributed by atoms with Crippen molar-refractivity contribution in [2.45, 2.75) is 11.8 Å². The van der Waals surface area contributed by atoms with Gasteiger partial charge in [-0.3, -0.25) is 4.79 Å². The number of thioether (sulfide) groups is 1. The van der Waals surface area contributed by atoms with Gasteiger partial charge in [-0.1, -0.05) is 36.2 Å². The molecule has 0 atom stereocenters. The smallest absolute Gasteiger partial charge is 0.194 e. The average molecular weight is 311 g/mol. The molecule has 1 nitrogen and oxygen atoms in total. The van der Waals surface area contributed by atoms with Gasteiger partial charge in [-0.05, 0) is 42.2 Å². The van der Waals surface area contributed by atoms with Crippen LogP contribution in [-0.2, 0) is 0 Å². The zero-order chi connectivity index (χ0) is 13.8. The SMILES string of the molecule is CCSc1ccc(C(=O)c2cccc(Cl)c2Cl)cc1. The lowest BCUT2D eigenvalue weighted by molar-refractivity contribution is 0.103. The number of halogens is 2. The van der Waals surface area contributed by atoms with Gasteiger partial charge in [0.15, 0.2) is 5.78 Å². The molecule has 0 aliphatic carbocycles. The van der Waals surface area contributed by atoms with Gasteiger partial charge in [0.25, 0.3) is 0 Å². The number of hydrogen-bond acceptors (Lipinski definition) is 2. The summed E-state index contributed by atoms with van der Waals surface area (Å²) in [5, 5.41) is 0.701. The molecule has 0 bridgehead atoms. The van der Waals surface area contributed by atoms with E-state index in [4.69, 9.17) is 23.2 Å². The van der Waals surface area contributed by atoms with Crippen molar-refractivity contribution in [3.63, 3.8) is 0 Å². The fraction of sp³-hybridized carbons (Fsp3) is 0.133. The fourth-order valence-corrected chi connectivity index (χ4v) is 2.75. The van der Waals surface area contributed by atoms with Crippen LogP contribution in [0.15, 0.2) is 47.4 Å². The second-order valence-electron chi connectivity index (χ2n) is 3.89. The highest BCUT2D eigenvalue weighted by atomic mass is 35.5. The maximum atomic E-state index is 12.3. The lowest BCUT2D eigenvalue weighted by Gasteiger charge is -2.06. The lowest BCUT2D eigenvalue weighted by Crippen LogP contribution is -2.02. The molecule has 0 aliphatic rings. The number of ketones is 1. The molecular formula is C15H12Cl2OS. The first kappa shape index (κ1) is 14.4. The lowest BCUT2D eigenvalue weighted by atomic mass is 10.0. The number of benzene rings is 2. The Morgan fingerprint density at radius 1 is 1.11 bits per heavy atom. The third-order valence-corrected chi connectivity index (χ3v) is 4.34. The van der Waals surface area contributed by atoms with Crippen LogP contribution in [0.2, 0.25) is 10.0 Å². The minimum atomic E-state index is -0.111. The van der Waals surface area contributed by atoms with Crippen LogP contribution in [0.4, 0.5) is 0 Å². The van der Waals surface area contributed by atoms with Crippen LogP contribution < -0.4 is 0 Å². The first-order valence-corrected chi connectivity index (χ1v) is 7.59. The summed E-state index contributed by atoms with van der Waals surface area (Å²) in [5.41, 5.74) is 1.05. The highest BCUT2D eigenvalue weighted by Gasteiger charge is 2.14. The Morgan fingerprint density at radius 3 is 2.42 bits per heavy atom. The van der Waals surface area contributed by atoms with Crippen LogP contribution in [0, 0.1) is 0 Å². The van der Waals surface area contributed by atoms with Crippen LogP contribution in [-0.4, -0.2) is 11.5 Å². The van der Waals surface area contributed by atoms with E-state index < -0.39 is 0 Å². The van der Waals surface area contributed by atoms with Crippen molar-refractivity contribution < 1.29 is 4.79 Å². The van der Waals surface area contributed by atoms with E-state index in [2.05, 4.69) is 6.92 Å². The minimum Gasteiger partial charge on any atom is -0.289 e. The van der Waals surface area contributed by atoms with E-state index in [0.717, 1.165) is 10.6 Å². The van der Waals surface area contributed by atoms with Crippen LogP contribution >= 0.6 is 35.0 Å². The molecule has 2 aromatic rings. The summed E-state index contributed by atoms with van der Waals surface area (Å²) in [6.07, 6.45) is 0. The van der Waals surface area contributed by atoms with E-state index in [9.17, 15) is 4.79 Å². The molecule has 98 valence electrons. The molecule has 0 heterocycles. The molecule has 0 aromatic heterocycles. The average Bonchev–Trinajstić information content (AvgIpc) is 2.42. The fourth-order valence-electron chi connectivity index (χ4n) is 1.70. The van der Waals surface area contributed by atoms with Gasteiger partial charge in [0, 0.05) is 16.0 Å². The van der Waals surface area contributed by atoms with Gasteiger partial charge in [-0.15, -0.1) is 11.8 Å². The Bertz CT molecular complexity index is 594. The second-order valence-corrected chi connectivity index (χ2v) is 6.01. The first-order valence-electron chi connectivity index (χ1n) is 5.85. The predicted molar refractivity (Wildman–Crippen MR) is 82.7 cm³/mol. The molecule has 0 fully saturated rings. The molecule has 2 aromatic carbocycles. The highest BCUT2D eigenvalue weighted by molar-refractivity contribution is 7.99. The van der Waals surface area contributed by atoms with Gasteiger partial charge in [0.1, 0.15) is 0 Å². The van der Waals surface area contributed by atoms with Gasteiger partial charge in [-0.25, -0.2) is 0 Å². The summed E-state index contributed by atoms with van der Waals surface area (Å²) in [7, 11) is 0. The van der Waals surface area contributed by atoms with Crippen LogP contribution in [0.1, 0.15) is 22.8 Å². The molecule has 19 heavy (non-hydrogen) atoms. The number of carbonyl (C=O) groups is 1. The van der Waals surface area contributed by atoms with E-state index in [1.165, 1.54) is 0 Å². The molecule has 0 spiro atoms. The van der Waals surface area contributed by atoms with E-state index in [1.54, 1.807) is 30.0 Å². The van der Waals surface area contributed by atoms with Gasteiger partial charge >= 0.3 is 0 Å². The molecule has 0 unspecified atom stereocenters. The number of carbonyl (C=O) groups excluding carboxylic acids is 1. The van der Waals surface area contributed by atoms with Crippen LogP contribution in [0.25, 0.3) is 0 Å². The second kappa shape index (κ2) is 6.47. The third-order valence-electron chi connectivity index (χ3n) is 2.62. The maximum absolute atomic E-state index is 12.3. The Kier molecular flexibility index (Phi) is 4.92. The van der Waals surface area contributed by atoms with E-state index in [-0.39, 0.29) is 5.78 Å². The molecular weight excluding hydrogens is 299 g/mol. The zero-order valence-corrected chi connectivity index (χ0v) is 12.6. The standard InChI is InChI=1S/C15H12Cl2OS/c1-2-19-11-8-6-10(7-9-11)15(18)12-4-3-5-13(16)14(12)17/h3-9H,2H2,1H3. The monoisotopic (exact) mass is 310 g/mol. The zero-order valence-electron chi connectivity index (χ0n) is 10.3. The summed E-state index contributed by atoms with van der Waals surface area (Å²) in [6, 6.07) is 12.6. The first-order chi connectivity index (χ1) is 9.13. The topological polar surface area (TPSA) is 17.1 Å². The quantitative estimate of drug-likeness (QED) is 0.560. The van der Waals surface area contributed by atoms with Gasteiger partial charge in [-0.2, -0.15) is 0 Å². The van der Waals surface area contributed by atoms with Gasteiger partial charge in [0.05, 0.1) is 10.0 Å². The maximum Gasteiger partial charge on any atom is 0.194 e. The van der Waals surface area contributed by atoms with E-state index in [1.807, 2.05) is 24.3 Å². The van der Waals surface area contributed by atoms with Crippen molar-refractivity contribution in [3.8, 4) is 0 Å². The molecule has 0 amide bonds. The molecule has 0 radical (unpaired) electrons. The van der Waals surface area contributed by atoms with Gasteiger partial charge in [0.2, 0.25) is 0 Å². The molecule has 0 saturated carbocycles. The van der Waals surface area contributed by atoms with Crippen LogP contribution in [0.5, 0.6) is 0 Å². The Hall–Kier alpha value is -0.960. The normalized spacial score (nSPS) is 10.5. The Labute approximate surface area is 126 Å². The summed E-state index contributed by atoms with van der Waals surface area (Å²) in [5.74, 6) is 0.897. The minimum absolute atomic E-state index is 0.111. The van der Waals surface area contributed by atoms with Gasteiger partial charge < -0.3 is 0 Å². The molecule has 0 N–H and O–H groups in total. The third kappa shape index (κ3) is 3.33.